The topological polar surface area (TPSA) is 21.3 Å². The minimum atomic E-state index is -0.414. The summed E-state index contributed by atoms with van der Waals surface area (Å²) in [4.78, 5) is 0. The monoisotopic (exact) mass is 281 g/mol. The first-order chi connectivity index (χ1) is 9.72. The van der Waals surface area contributed by atoms with Crippen molar-refractivity contribution in [2.75, 3.05) is 13.1 Å². The van der Waals surface area contributed by atoms with Crippen LogP contribution >= 0.6 is 0 Å². The Morgan fingerprint density at radius 1 is 1.15 bits per heavy atom. The van der Waals surface area contributed by atoms with Crippen LogP contribution in [0, 0.1) is 17.6 Å². The van der Waals surface area contributed by atoms with Gasteiger partial charge in [0, 0.05) is 18.7 Å². The fraction of sp³-hybridized carbons (Fsp3) is 0.625. The minimum absolute atomic E-state index is 0.111. The highest BCUT2D eigenvalue weighted by molar-refractivity contribution is 5.22. The predicted octanol–water partition coefficient (Wildman–Crippen LogP) is 3.57. The Morgan fingerprint density at radius 3 is 2.75 bits per heavy atom. The van der Waals surface area contributed by atoms with E-state index in [9.17, 15) is 8.78 Å². The average molecular weight is 281 g/mol. The van der Waals surface area contributed by atoms with Gasteiger partial charge < -0.3 is 10.1 Å². The number of hydrogen-bond donors (Lipinski definition) is 1. The highest BCUT2D eigenvalue weighted by Crippen LogP contribution is 2.32. The van der Waals surface area contributed by atoms with E-state index < -0.39 is 5.82 Å². The zero-order chi connectivity index (χ0) is 13.9. The second-order valence-electron chi connectivity index (χ2n) is 5.96. The zero-order valence-corrected chi connectivity index (χ0v) is 11.6. The Morgan fingerprint density at radius 2 is 1.95 bits per heavy atom. The van der Waals surface area contributed by atoms with E-state index in [4.69, 9.17) is 4.74 Å². The molecule has 0 spiro atoms. The SMILES string of the molecule is Fc1ccc(F)c(C2CNCC(CC3CCCC3)O2)c1. The van der Waals surface area contributed by atoms with Crippen LogP contribution in [0.25, 0.3) is 0 Å². The molecule has 0 radical (unpaired) electrons. The van der Waals surface area contributed by atoms with E-state index in [-0.39, 0.29) is 18.0 Å². The molecule has 1 saturated heterocycles. The minimum Gasteiger partial charge on any atom is -0.368 e. The average Bonchev–Trinajstić information content (AvgIpc) is 2.95. The lowest BCUT2D eigenvalue weighted by atomic mass is 9.98. The molecular formula is C16H21F2NO. The Kier molecular flexibility index (Phi) is 4.32. The van der Waals surface area contributed by atoms with Crippen molar-refractivity contribution in [3.63, 3.8) is 0 Å². The van der Waals surface area contributed by atoms with Crippen molar-refractivity contribution >= 4 is 0 Å². The van der Waals surface area contributed by atoms with Gasteiger partial charge in [0.05, 0.1) is 12.2 Å². The lowest BCUT2D eigenvalue weighted by molar-refractivity contribution is -0.0504. The molecule has 1 saturated carbocycles. The smallest absolute Gasteiger partial charge is 0.129 e. The lowest BCUT2D eigenvalue weighted by Gasteiger charge is -2.32. The summed E-state index contributed by atoms with van der Waals surface area (Å²) in [7, 11) is 0. The fourth-order valence-corrected chi connectivity index (χ4v) is 3.41. The van der Waals surface area contributed by atoms with Gasteiger partial charge in [-0.2, -0.15) is 0 Å². The molecule has 4 heteroatoms. The highest BCUT2D eigenvalue weighted by Gasteiger charge is 2.28. The van der Waals surface area contributed by atoms with E-state index in [2.05, 4.69) is 5.32 Å². The Bertz CT molecular complexity index is 460. The standard InChI is InChI=1S/C16H21F2NO/c17-12-5-6-15(18)14(8-12)16-10-19-9-13(20-16)7-11-3-1-2-4-11/h5-6,8,11,13,16,19H,1-4,7,9-10H2. The molecule has 1 N–H and O–H groups in total. The first-order valence-corrected chi connectivity index (χ1v) is 7.53. The van der Waals surface area contributed by atoms with Crippen molar-refractivity contribution in [2.24, 2.45) is 5.92 Å². The van der Waals surface area contributed by atoms with E-state index in [0.29, 0.717) is 12.1 Å². The molecule has 1 aliphatic carbocycles. The second kappa shape index (κ2) is 6.19. The van der Waals surface area contributed by atoms with Gasteiger partial charge in [0.2, 0.25) is 0 Å². The molecule has 2 atom stereocenters. The van der Waals surface area contributed by atoms with Gasteiger partial charge in [0.25, 0.3) is 0 Å². The van der Waals surface area contributed by atoms with Crippen molar-refractivity contribution in [1.82, 2.24) is 5.32 Å². The van der Waals surface area contributed by atoms with Crippen LogP contribution in [0.4, 0.5) is 8.78 Å². The molecule has 110 valence electrons. The number of halogens is 2. The number of ether oxygens (including phenoxy) is 1. The van der Waals surface area contributed by atoms with E-state index in [0.717, 1.165) is 24.9 Å². The van der Waals surface area contributed by atoms with Crippen LogP contribution < -0.4 is 5.32 Å². The summed E-state index contributed by atoms with van der Waals surface area (Å²) in [5.74, 6) is -0.0689. The van der Waals surface area contributed by atoms with E-state index in [1.165, 1.54) is 37.8 Å². The zero-order valence-electron chi connectivity index (χ0n) is 11.6. The summed E-state index contributed by atoms with van der Waals surface area (Å²) in [5.41, 5.74) is 0.327. The first kappa shape index (κ1) is 14.0. The Balaban J connectivity index is 1.66. The summed E-state index contributed by atoms with van der Waals surface area (Å²) in [5, 5.41) is 3.29. The number of morpholine rings is 1. The summed E-state index contributed by atoms with van der Waals surface area (Å²) >= 11 is 0. The highest BCUT2D eigenvalue weighted by atomic mass is 19.1. The maximum Gasteiger partial charge on any atom is 0.129 e. The third-order valence-electron chi connectivity index (χ3n) is 4.43. The molecule has 0 amide bonds. The van der Waals surface area contributed by atoms with Crippen LogP contribution in [-0.4, -0.2) is 19.2 Å². The van der Waals surface area contributed by atoms with Gasteiger partial charge in [0.1, 0.15) is 11.6 Å². The molecule has 2 aliphatic rings. The molecule has 2 nitrogen and oxygen atoms in total. The number of hydrogen-bond acceptors (Lipinski definition) is 2. The Hall–Kier alpha value is -1.00. The van der Waals surface area contributed by atoms with Gasteiger partial charge in [-0.15, -0.1) is 0 Å². The lowest BCUT2D eigenvalue weighted by Crippen LogP contribution is -2.41. The van der Waals surface area contributed by atoms with Gasteiger partial charge in [-0.3, -0.25) is 0 Å². The molecule has 1 aromatic carbocycles. The number of benzene rings is 1. The summed E-state index contributed by atoms with van der Waals surface area (Å²) < 4.78 is 33.1. The molecule has 20 heavy (non-hydrogen) atoms. The largest absolute Gasteiger partial charge is 0.368 e. The van der Waals surface area contributed by atoms with Gasteiger partial charge in [0.15, 0.2) is 0 Å². The predicted molar refractivity (Wildman–Crippen MR) is 73.4 cm³/mol. The van der Waals surface area contributed by atoms with Gasteiger partial charge in [-0.05, 0) is 30.5 Å². The van der Waals surface area contributed by atoms with Crippen LogP contribution in [0.1, 0.15) is 43.8 Å². The van der Waals surface area contributed by atoms with Gasteiger partial charge in [-0.1, -0.05) is 25.7 Å². The third-order valence-corrected chi connectivity index (χ3v) is 4.43. The molecule has 0 bridgehead atoms. The fourth-order valence-electron chi connectivity index (χ4n) is 3.41. The van der Waals surface area contributed by atoms with Crippen molar-refractivity contribution in [3.05, 3.63) is 35.4 Å². The van der Waals surface area contributed by atoms with E-state index >= 15 is 0 Å². The first-order valence-electron chi connectivity index (χ1n) is 7.53. The van der Waals surface area contributed by atoms with Gasteiger partial charge >= 0.3 is 0 Å². The molecule has 1 aliphatic heterocycles. The van der Waals surface area contributed by atoms with E-state index in [1.807, 2.05) is 0 Å². The molecule has 2 unspecified atom stereocenters. The normalized spacial score (nSPS) is 27.9. The molecule has 3 rings (SSSR count). The van der Waals surface area contributed by atoms with Crippen LogP contribution in [0.5, 0.6) is 0 Å². The quantitative estimate of drug-likeness (QED) is 0.914. The van der Waals surface area contributed by atoms with Crippen molar-refractivity contribution < 1.29 is 13.5 Å². The number of rotatable bonds is 3. The molecule has 1 aromatic rings. The Labute approximate surface area is 118 Å². The van der Waals surface area contributed by atoms with Gasteiger partial charge in [-0.25, -0.2) is 8.78 Å². The van der Waals surface area contributed by atoms with Crippen LogP contribution in [0.15, 0.2) is 18.2 Å². The van der Waals surface area contributed by atoms with Crippen molar-refractivity contribution in [3.8, 4) is 0 Å². The second-order valence-corrected chi connectivity index (χ2v) is 5.96. The maximum atomic E-state index is 13.8. The maximum absolute atomic E-state index is 13.8. The molecule has 0 aromatic heterocycles. The van der Waals surface area contributed by atoms with Crippen molar-refractivity contribution in [1.29, 1.82) is 0 Å². The molecular weight excluding hydrogens is 260 g/mol. The molecule has 1 heterocycles. The van der Waals surface area contributed by atoms with Crippen LogP contribution in [-0.2, 0) is 4.74 Å². The van der Waals surface area contributed by atoms with Crippen LogP contribution in [0.3, 0.4) is 0 Å². The van der Waals surface area contributed by atoms with Crippen LogP contribution in [0.2, 0.25) is 0 Å². The summed E-state index contributed by atoms with van der Waals surface area (Å²) in [6, 6.07) is 3.57. The van der Waals surface area contributed by atoms with E-state index in [1.54, 1.807) is 0 Å². The third kappa shape index (κ3) is 3.18. The molecule has 2 fully saturated rings. The number of nitrogens with one attached hydrogen (secondary N) is 1. The summed E-state index contributed by atoms with van der Waals surface area (Å²) in [6.45, 7) is 1.35. The van der Waals surface area contributed by atoms with Crippen molar-refractivity contribution in [2.45, 2.75) is 44.3 Å². The summed E-state index contributed by atoms with van der Waals surface area (Å²) in [6.07, 6.45) is 5.93.